The second-order valence-electron chi connectivity index (χ2n) is 4.37. The maximum absolute atomic E-state index is 5.74. The highest BCUT2D eigenvalue weighted by Crippen LogP contribution is 2.27. The summed E-state index contributed by atoms with van der Waals surface area (Å²) < 4.78 is 11.7. The van der Waals surface area contributed by atoms with Crippen molar-refractivity contribution in [3.63, 3.8) is 0 Å². The zero-order chi connectivity index (χ0) is 15.2. The summed E-state index contributed by atoms with van der Waals surface area (Å²) in [5.74, 6) is 1.12. The molecule has 0 saturated carbocycles. The molecule has 0 amide bonds. The van der Waals surface area contributed by atoms with E-state index >= 15 is 0 Å². The molecule has 0 saturated heterocycles. The number of ether oxygens (including phenoxy) is 2. The van der Waals surface area contributed by atoms with Gasteiger partial charge >= 0.3 is 12.0 Å². The second kappa shape index (κ2) is 7.21. The Bertz CT molecular complexity index is 622. The molecule has 2 rings (SSSR count). The number of nitrogens with zero attached hydrogens (tertiary/aromatic N) is 3. The van der Waals surface area contributed by atoms with Gasteiger partial charge in [0.25, 0.3) is 0 Å². The number of hydrogen-bond acceptors (Lipinski definition) is 6. The topological polar surface area (TPSA) is 69.2 Å². The van der Waals surface area contributed by atoms with Gasteiger partial charge in [-0.3, -0.25) is 0 Å². The van der Waals surface area contributed by atoms with Crippen molar-refractivity contribution in [2.45, 2.75) is 20.3 Å². The van der Waals surface area contributed by atoms with E-state index in [9.17, 15) is 0 Å². The van der Waals surface area contributed by atoms with Crippen LogP contribution in [-0.2, 0) is 0 Å². The largest absolute Gasteiger partial charge is 0.467 e. The second-order valence-corrected chi connectivity index (χ2v) is 5.28. The Kier molecular flexibility index (Phi) is 5.32. The SMILES string of the molecule is CCCNc1nc(OC)nc(Oc2cc(Br)ccc2C)n1. The Balaban J connectivity index is 2.27. The first kappa shape index (κ1) is 15.5. The number of rotatable bonds is 6. The molecular weight excluding hydrogens is 336 g/mol. The summed E-state index contributed by atoms with van der Waals surface area (Å²) in [4.78, 5) is 12.5. The first-order chi connectivity index (χ1) is 10.1. The van der Waals surface area contributed by atoms with E-state index in [1.54, 1.807) is 0 Å². The molecule has 7 heteroatoms. The molecule has 0 aliphatic carbocycles. The van der Waals surface area contributed by atoms with Gasteiger partial charge in [0, 0.05) is 11.0 Å². The molecule has 1 aromatic heterocycles. The fourth-order valence-corrected chi connectivity index (χ4v) is 1.91. The lowest BCUT2D eigenvalue weighted by Crippen LogP contribution is -2.07. The van der Waals surface area contributed by atoms with E-state index in [4.69, 9.17) is 9.47 Å². The molecule has 0 aliphatic heterocycles. The lowest BCUT2D eigenvalue weighted by atomic mass is 10.2. The number of nitrogens with one attached hydrogen (secondary N) is 1. The molecule has 21 heavy (non-hydrogen) atoms. The van der Waals surface area contributed by atoms with E-state index in [1.165, 1.54) is 7.11 Å². The molecule has 2 aromatic rings. The Morgan fingerprint density at radius 1 is 1.19 bits per heavy atom. The van der Waals surface area contributed by atoms with Crippen LogP contribution in [0.2, 0.25) is 0 Å². The van der Waals surface area contributed by atoms with E-state index in [0.717, 1.165) is 23.0 Å². The molecule has 6 nitrogen and oxygen atoms in total. The third-order valence-corrected chi connectivity index (χ3v) is 3.15. The van der Waals surface area contributed by atoms with Crippen molar-refractivity contribution in [2.75, 3.05) is 19.0 Å². The van der Waals surface area contributed by atoms with Crippen molar-refractivity contribution >= 4 is 21.9 Å². The molecule has 0 bridgehead atoms. The fraction of sp³-hybridized carbons (Fsp3) is 0.357. The van der Waals surface area contributed by atoms with Gasteiger partial charge in [-0.25, -0.2) is 0 Å². The molecule has 112 valence electrons. The molecule has 0 unspecified atom stereocenters. The summed E-state index contributed by atoms with van der Waals surface area (Å²) in [5, 5.41) is 3.09. The molecular formula is C14H17BrN4O2. The predicted molar refractivity (Wildman–Crippen MR) is 84.1 cm³/mol. The van der Waals surface area contributed by atoms with Gasteiger partial charge in [0.2, 0.25) is 5.95 Å². The van der Waals surface area contributed by atoms with Crippen LogP contribution < -0.4 is 14.8 Å². The van der Waals surface area contributed by atoms with Gasteiger partial charge in [0.15, 0.2) is 0 Å². The normalized spacial score (nSPS) is 10.3. The molecule has 1 aromatic carbocycles. The summed E-state index contributed by atoms with van der Waals surface area (Å²) in [5.41, 5.74) is 0.987. The van der Waals surface area contributed by atoms with E-state index in [0.29, 0.717) is 11.7 Å². The van der Waals surface area contributed by atoms with Gasteiger partial charge in [0.05, 0.1) is 7.11 Å². The van der Waals surface area contributed by atoms with Crippen molar-refractivity contribution in [1.29, 1.82) is 0 Å². The monoisotopic (exact) mass is 352 g/mol. The highest BCUT2D eigenvalue weighted by Gasteiger charge is 2.10. The number of aryl methyl sites for hydroxylation is 1. The van der Waals surface area contributed by atoms with Crippen LogP contribution in [0.4, 0.5) is 5.95 Å². The van der Waals surface area contributed by atoms with Crippen LogP contribution in [0.25, 0.3) is 0 Å². The average molecular weight is 353 g/mol. The van der Waals surface area contributed by atoms with Gasteiger partial charge in [-0.05, 0) is 31.0 Å². The van der Waals surface area contributed by atoms with Gasteiger partial charge in [-0.2, -0.15) is 9.97 Å². The minimum atomic E-state index is 0.196. The highest BCUT2D eigenvalue weighted by atomic mass is 79.9. The predicted octanol–water partition coefficient (Wildman–Crippen LogP) is 3.57. The minimum absolute atomic E-state index is 0.196. The molecule has 0 spiro atoms. The first-order valence-electron chi connectivity index (χ1n) is 6.60. The van der Waals surface area contributed by atoms with Crippen LogP contribution in [-0.4, -0.2) is 28.6 Å². The first-order valence-corrected chi connectivity index (χ1v) is 7.39. The zero-order valence-corrected chi connectivity index (χ0v) is 13.8. The molecule has 1 heterocycles. The van der Waals surface area contributed by atoms with Crippen LogP contribution in [0.5, 0.6) is 17.8 Å². The lowest BCUT2D eigenvalue weighted by molar-refractivity contribution is 0.359. The number of hydrogen-bond donors (Lipinski definition) is 1. The Hall–Kier alpha value is -1.89. The zero-order valence-electron chi connectivity index (χ0n) is 12.2. The quantitative estimate of drug-likeness (QED) is 0.856. The number of aromatic nitrogens is 3. The maximum Gasteiger partial charge on any atom is 0.330 e. The van der Waals surface area contributed by atoms with Crippen molar-refractivity contribution in [3.8, 4) is 17.8 Å². The average Bonchev–Trinajstić information content (AvgIpc) is 2.48. The molecule has 0 fully saturated rings. The Morgan fingerprint density at radius 2 is 1.95 bits per heavy atom. The number of methoxy groups -OCH3 is 1. The van der Waals surface area contributed by atoms with E-state index in [2.05, 4.69) is 43.1 Å². The van der Waals surface area contributed by atoms with Crippen LogP contribution in [0, 0.1) is 6.92 Å². The van der Waals surface area contributed by atoms with E-state index < -0.39 is 0 Å². The smallest absolute Gasteiger partial charge is 0.330 e. The van der Waals surface area contributed by atoms with Crippen molar-refractivity contribution in [1.82, 2.24) is 15.0 Å². The van der Waals surface area contributed by atoms with Gasteiger partial charge in [0.1, 0.15) is 5.75 Å². The van der Waals surface area contributed by atoms with Gasteiger partial charge < -0.3 is 14.8 Å². The Labute approximate surface area is 132 Å². The molecule has 0 radical (unpaired) electrons. The van der Waals surface area contributed by atoms with Crippen LogP contribution >= 0.6 is 15.9 Å². The summed E-state index contributed by atoms with van der Waals surface area (Å²) in [7, 11) is 1.51. The minimum Gasteiger partial charge on any atom is -0.467 e. The van der Waals surface area contributed by atoms with E-state index in [1.807, 2.05) is 25.1 Å². The summed E-state index contributed by atoms with van der Waals surface area (Å²) in [6, 6.07) is 6.18. The van der Waals surface area contributed by atoms with E-state index in [-0.39, 0.29) is 12.0 Å². The van der Waals surface area contributed by atoms with Crippen molar-refractivity contribution < 1.29 is 9.47 Å². The van der Waals surface area contributed by atoms with Crippen LogP contribution in [0.1, 0.15) is 18.9 Å². The summed E-state index contributed by atoms with van der Waals surface area (Å²) in [6.45, 7) is 4.78. The third-order valence-electron chi connectivity index (χ3n) is 2.66. The fourth-order valence-electron chi connectivity index (χ4n) is 1.57. The number of benzene rings is 1. The molecule has 0 aliphatic rings. The standard InChI is InChI=1S/C14H17BrN4O2/c1-4-7-16-12-17-13(20-3)19-14(18-12)21-11-8-10(15)6-5-9(11)2/h5-6,8H,4,7H2,1-3H3,(H,16,17,18,19). The number of halogens is 1. The maximum atomic E-state index is 5.74. The molecule has 0 atom stereocenters. The lowest BCUT2D eigenvalue weighted by Gasteiger charge is -2.10. The summed E-state index contributed by atoms with van der Waals surface area (Å²) in [6.07, 6.45) is 0.967. The highest BCUT2D eigenvalue weighted by molar-refractivity contribution is 9.10. The van der Waals surface area contributed by atoms with Crippen molar-refractivity contribution in [3.05, 3.63) is 28.2 Å². The number of anilines is 1. The van der Waals surface area contributed by atoms with Gasteiger partial charge in [-0.15, -0.1) is 4.98 Å². The van der Waals surface area contributed by atoms with Crippen LogP contribution in [0.3, 0.4) is 0 Å². The molecule has 1 N–H and O–H groups in total. The summed E-state index contributed by atoms with van der Waals surface area (Å²) >= 11 is 3.42. The Morgan fingerprint density at radius 3 is 2.67 bits per heavy atom. The third kappa shape index (κ3) is 4.29. The van der Waals surface area contributed by atoms with Crippen LogP contribution in [0.15, 0.2) is 22.7 Å². The van der Waals surface area contributed by atoms with Crippen molar-refractivity contribution in [2.24, 2.45) is 0 Å². The van der Waals surface area contributed by atoms with Gasteiger partial charge in [-0.1, -0.05) is 28.9 Å².